The van der Waals surface area contributed by atoms with Crippen LogP contribution in [-0.4, -0.2) is 46.5 Å². The molecule has 0 amide bonds. The van der Waals surface area contributed by atoms with Crippen LogP contribution >= 0.6 is 0 Å². The van der Waals surface area contributed by atoms with E-state index in [2.05, 4.69) is 31.6 Å². The fourth-order valence-corrected chi connectivity index (χ4v) is 3.57. The van der Waals surface area contributed by atoms with E-state index in [-0.39, 0.29) is 6.17 Å². The summed E-state index contributed by atoms with van der Waals surface area (Å²) >= 11 is 0. The van der Waals surface area contributed by atoms with E-state index in [0.29, 0.717) is 12.0 Å². The smallest absolute Gasteiger partial charge is 0.195 e. The molecule has 7 heteroatoms. The van der Waals surface area contributed by atoms with Crippen LogP contribution in [0.4, 0.5) is 0 Å². The molecule has 0 radical (unpaired) electrons. The van der Waals surface area contributed by atoms with Gasteiger partial charge < -0.3 is 20.7 Å². The maximum absolute atomic E-state index is 5.96. The molecule has 2 atom stereocenters. The van der Waals surface area contributed by atoms with Crippen molar-refractivity contribution in [3.05, 3.63) is 35.4 Å². The number of fused-ring (bicyclic) bond motifs is 1. The highest BCUT2D eigenvalue weighted by molar-refractivity contribution is 5.82. The van der Waals surface area contributed by atoms with Gasteiger partial charge in [-0.2, -0.15) is 5.10 Å². The van der Waals surface area contributed by atoms with Gasteiger partial charge in [0.25, 0.3) is 0 Å². The predicted molar refractivity (Wildman–Crippen MR) is 88.1 cm³/mol. The van der Waals surface area contributed by atoms with Crippen LogP contribution < -0.4 is 11.1 Å². The maximum Gasteiger partial charge on any atom is 0.195 e. The summed E-state index contributed by atoms with van der Waals surface area (Å²) in [6.45, 7) is 3.63. The van der Waals surface area contributed by atoms with Crippen molar-refractivity contribution in [2.24, 2.45) is 10.7 Å². The van der Waals surface area contributed by atoms with E-state index in [1.807, 2.05) is 13.0 Å². The second-order valence-corrected chi connectivity index (χ2v) is 6.27. The zero-order valence-electron chi connectivity index (χ0n) is 13.2. The summed E-state index contributed by atoms with van der Waals surface area (Å²) in [7, 11) is 0. The number of aromatic nitrogens is 2. The lowest BCUT2D eigenvalue weighted by Crippen LogP contribution is -2.57. The van der Waals surface area contributed by atoms with E-state index in [1.165, 1.54) is 11.1 Å². The van der Waals surface area contributed by atoms with Crippen molar-refractivity contribution in [3.63, 3.8) is 0 Å². The monoisotopic (exact) mass is 314 g/mol. The van der Waals surface area contributed by atoms with Gasteiger partial charge in [0, 0.05) is 31.1 Å². The van der Waals surface area contributed by atoms with E-state index >= 15 is 0 Å². The Balaban J connectivity index is 1.74. The lowest BCUT2D eigenvalue weighted by molar-refractivity contribution is 0.0224. The molecule has 0 saturated carbocycles. The minimum Gasteiger partial charge on any atom is -0.379 e. The topological polar surface area (TPSA) is 91.6 Å². The molecule has 4 heterocycles. The van der Waals surface area contributed by atoms with Crippen LogP contribution in [0, 0.1) is 0 Å². The third kappa shape index (κ3) is 2.61. The number of ether oxygens (including phenoxy) is 1. The molecule has 3 aliphatic rings. The highest BCUT2D eigenvalue weighted by Crippen LogP contribution is 2.35. The molecule has 0 spiro atoms. The molecule has 0 bridgehead atoms. The Morgan fingerprint density at radius 3 is 3.09 bits per heavy atom. The summed E-state index contributed by atoms with van der Waals surface area (Å²) in [6, 6.07) is 2.35. The second-order valence-electron chi connectivity index (χ2n) is 6.27. The fourth-order valence-electron chi connectivity index (χ4n) is 3.57. The molecule has 122 valence electrons. The minimum absolute atomic E-state index is 0.0610. The first-order chi connectivity index (χ1) is 11.2. The number of nitrogens with one attached hydrogen (secondary N) is 2. The number of aromatic amines is 1. The molecule has 1 fully saturated rings. The Hall–Kier alpha value is -2.28. The zero-order chi connectivity index (χ0) is 15.8. The summed E-state index contributed by atoms with van der Waals surface area (Å²) in [5.41, 5.74) is 10.5. The van der Waals surface area contributed by atoms with Crippen molar-refractivity contribution in [2.75, 3.05) is 13.2 Å². The zero-order valence-corrected chi connectivity index (χ0v) is 13.2. The number of allylic oxidation sites excluding steroid dienone is 2. The van der Waals surface area contributed by atoms with Crippen LogP contribution in [0.15, 0.2) is 34.7 Å². The molecule has 1 unspecified atom stereocenters. The Morgan fingerprint density at radius 2 is 2.35 bits per heavy atom. The third-order valence-corrected chi connectivity index (χ3v) is 4.76. The number of aliphatic imine (C=N–C) groups is 1. The van der Waals surface area contributed by atoms with E-state index < -0.39 is 0 Å². The van der Waals surface area contributed by atoms with Crippen molar-refractivity contribution in [2.45, 2.75) is 38.4 Å². The first-order valence-electron chi connectivity index (χ1n) is 8.08. The summed E-state index contributed by atoms with van der Waals surface area (Å²) in [4.78, 5) is 6.76. The summed E-state index contributed by atoms with van der Waals surface area (Å²) in [6.07, 6.45) is 7.11. The first-order valence-corrected chi connectivity index (χ1v) is 8.08. The number of rotatable bonds is 2. The van der Waals surface area contributed by atoms with E-state index in [1.54, 1.807) is 6.20 Å². The second kappa shape index (κ2) is 5.73. The Morgan fingerprint density at radius 1 is 1.43 bits per heavy atom. The standard InChI is InChI=1S/C16H22N6O/c1-10-13-7-11(14-4-5-18-21-14)8-22(12-3-2-6-23-9-12)15(13)20-16(17)19-10/h4-5,8,12,15H,2-3,6-7,9H2,1H3,(H,18,21)(H3,17,19,20)/t12-,15?/m0/s1. The normalized spacial score (nSPS) is 28.0. The van der Waals surface area contributed by atoms with Crippen LogP contribution in [0.25, 0.3) is 5.57 Å². The highest BCUT2D eigenvalue weighted by Gasteiger charge is 2.35. The minimum atomic E-state index is 0.0610. The van der Waals surface area contributed by atoms with Crippen molar-refractivity contribution in [1.82, 2.24) is 20.4 Å². The van der Waals surface area contributed by atoms with Crippen LogP contribution in [0.2, 0.25) is 0 Å². The molecule has 4 N–H and O–H groups in total. The van der Waals surface area contributed by atoms with Crippen molar-refractivity contribution < 1.29 is 4.74 Å². The number of nitrogens with two attached hydrogens (primary N) is 1. The van der Waals surface area contributed by atoms with E-state index in [9.17, 15) is 0 Å². The van der Waals surface area contributed by atoms with Gasteiger partial charge in [-0.3, -0.25) is 5.10 Å². The lowest BCUT2D eigenvalue weighted by Gasteiger charge is -2.45. The quantitative estimate of drug-likeness (QED) is 0.762. The maximum atomic E-state index is 5.96. The SMILES string of the molecule is CC1=C2CC(c3ccn[nH]3)=CN([C@H]3CCCOC3)C2NC(N)=N1. The molecule has 3 aliphatic heterocycles. The van der Waals surface area contributed by atoms with Crippen LogP contribution in [0.1, 0.15) is 31.9 Å². The fraction of sp³-hybridized carbons (Fsp3) is 0.500. The van der Waals surface area contributed by atoms with Crippen LogP contribution in [0.3, 0.4) is 0 Å². The molecule has 1 saturated heterocycles. The highest BCUT2D eigenvalue weighted by atomic mass is 16.5. The van der Waals surface area contributed by atoms with Gasteiger partial charge in [-0.25, -0.2) is 4.99 Å². The molecule has 7 nitrogen and oxygen atoms in total. The molecular formula is C16H22N6O. The molecule has 23 heavy (non-hydrogen) atoms. The molecule has 0 aromatic carbocycles. The van der Waals surface area contributed by atoms with Gasteiger partial charge in [-0.05, 0) is 37.0 Å². The number of nitrogens with zero attached hydrogens (tertiary/aromatic N) is 3. The van der Waals surface area contributed by atoms with Gasteiger partial charge >= 0.3 is 0 Å². The molecule has 4 rings (SSSR count). The van der Waals surface area contributed by atoms with Gasteiger partial charge in [0.05, 0.1) is 18.3 Å². The number of hydrogen-bond acceptors (Lipinski definition) is 6. The van der Waals surface area contributed by atoms with Crippen LogP contribution in [-0.2, 0) is 4.74 Å². The summed E-state index contributed by atoms with van der Waals surface area (Å²) < 4.78 is 5.70. The number of hydrogen-bond donors (Lipinski definition) is 3. The van der Waals surface area contributed by atoms with E-state index in [0.717, 1.165) is 43.9 Å². The van der Waals surface area contributed by atoms with Crippen molar-refractivity contribution in [1.29, 1.82) is 0 Å². The van der Waals surface area contributed by atoms with Gasteiger partial charge in [-0.15, -0.1) is 0 Å². The van der Waals surface area contributed by atoms with Gasteiger partial charge in [0.2, 0.25) is 0 Å². The van der Waals surface area contributed by atoms with Gasteiger partial charge in [-0.1, -0.05) is 0 Å². The number of guanidine groups is 1. The van der Waals surface area contributed by atoms with Crippen molar-refractivity contribution >= 4 is 11.5 Å². The largest absolute Gasteiger partial charge is 0.379 e. The third-order valence-electron chi connectivity index (χ3n) is 4.76. The molecular weight excluding hydrogens is 292 g/mol. The van der Waals surface area contributed by atoms with E-state index in [4.69, 9.17) is 10.5 Å². The molecule has 1 aromatic heterocycles. The average molecular weight is 314 g/mol. The lowest BCUT2D eigenvalue weighted by atomic mass is 9.92. The van der Waals surface area contributed by atoms with Gasteiger partial charge in [0.15, 0.2) is 5.96 Å². The van der Waals surface area contributed by atoms with Gasteiger partial charge in [0.1, 0.15) is 6.17 Å². The summed E-state index contributed by atoms with van der Waals surface area (Å²) in [5, 5.41) is 10.5. The first kappa shape index (κ1) is 14.3. The Labute approximate surface area is 135 Å². The number of H-pyrrole nitrogens is 1. The molecule has 1 aromatic rings. The molecule has 0 aliphatic carbocycles. The Bertz CT molecular complexity index is 669. The van der Waals surface area contributed by atoms with Crippen molar-refractivity contribution in [3.8, 4) is 0 Å². The van der Waals surface area contributed by atoms with Crippen LogP contribution in [0.5, 0.6) is 0 Å². The Kier molecular flexibility index (Phi) is 3.57. The predicted octanol–water partition coefficient (Wildman–Crippen LogP) is 1.15. The summed E-state index contributed by atoms with van der Waals surface area (Å²) in [5.74, 6) is 0.483. The average Bonchev–Trinajstić information content (AvgIpc) is 3.09.